The minimum Gasteiger partial charge on any atom is -0.502 e. The Hall–Kier alpha value is -0.540. The van der Waals surface area contributed by atoms with E-state index in [1.165, 1.54) is 44.9 Å². The maximum absolute atomic E-state index is 6.39. The number of ether oxygens (including phenoxy) is 3. The molecule has 0 amide bonds. The highest BCUT2D eigenvalue weighted by atomic mass is 16.7. The molecule has 0 saturated heterocycles. The topological polar surface area (TPSA) is 27.7 Å². The molecule has 174 valence electrons. The Bertz CT molecular complexity index is 344. The lowest BCUT2D eigenvalue weighted by Crippen LogP contribution is -2.41. The number of hydrogen-bond donors (Lipinski definition) is 0. The fraction of sp³-hybridized carbons (Fsp3) is 0.923. The number of allylic oxidation sites excluding steroid dienone is 1. The molecular formula is C26H52O3. The van der Waals surface area contributed by atoms with Crippen LogP contribution in [-0.2, 0) is 14.2 Å². The Morgan fingerprint density at radius 3 is 1.79 bits per heavy atom. The third-order valence-corrected chi connectivity index (χ3v) is 5.66. The average Bonchev–Trinajstić information content (AvgIpc) is 2.71. The highest BCUT2D eigenvalue weighted by Gasteiger charge is 2.35. The Morgan fingerprint density at radius 1 is 0.655 bits per heavy atom. The standard InChI is InChI=1S/C26H52O3/c1-6-10-14-15-16-17-19-25(20-18-22-27-21-11-7-2)26(5,28-23-12-8-3)29-24-13-9-4/h11,21,25H,6-10,12-20,22-24H2,1-5H3. The molecule has 3 heteroatoms. The minimum atomic E-state index is -0.465. The second-order valence-electron chi connectivity index (χ2n) is 8.47. The predicted octanol–water partition coefficient (Wildman–Crippen LogP) is 8.42. The van der Waals surface area contributed by atoms with Gasteiger partial charge in [-0.15, -0.1) is 0 Å². The van der Waals surface area contributed by atoms with Crippen molar-refractivity contribution in [2.75, 3.05) is 19.8 Å². The van der Waals surface area contributed by atoms with Crippen molar-refractivity contribution in [1.82, 2.24) is 0 Å². The molecule has 1 atom stereocenters. The second-order valence-corrected chi connectivity index (χ2v) is 8.47. The molecule has 0 aliphatic rings. The van der Waals surface area contributed by atoms with Crippen molar-refractivity contribution in [2.24, 2.45) is 5.92 Å². The van der Waals surface area contributed by atoms with E-state index in [0.717, 1.165) is 64.8 Å². The van der Waals surface area contributed by atoms with Gasteiger partial charge >= 0.3 is 0 Å². The van der Waals surface area contributed by atoms with Crippen LogP contribution in [0.2, 0.25) is 0 Å². The van der Waals surface area contributed by atoms with Gasteiger partial charge in [0, 0.05) is 5.92 Å². The van der Waals surface area contributed by atoms with Gasteiger partial charge in [0.1, 0.15) is 0 Å². The van der Waals surface area contributed by atoms with E-state index < -0.39 is 5.79 Å². The van der Waals surface area contributed by atoms with Crippen molar-refractivity contribution >= 4 is 0 Å². The maximum Gasteiger partial charge on any atom is 0.168 e. The molecule has 0 aromatic carbocycles. The number of rotatable bonds is 22. The van der Waals surface area contributed by atoms with Crippen LogP contribution in [0, 0.1) is 5.92 Å². The summed E-state index contributed by atoms with van der Waals surface area (Å²) < 4.78 is 18.4. The van der Waals surface area contributed by atoms with Crippen LogP contribution < -0.4 is 0 Å². The van der Waals surface area contributed by atoms with Gasteiger partial charge in [-0.1, -0.05) is 85.1 Å². The SMILES string of the molecule is CCC=COCCCC(CCCCCCCC)C(C)(OCCCC)OCCCC. The summed E-state index contributed by atoms with van der Waals surface area (Å²) in [6.07, 6.45) is 20.8. The highest BCUT2D eigenvalue weighted by molar-refractivity contribution is 4.77. The second kappa shape index (κ2) is 20.7. The molecule has 1 unspecified atom stereocenters. The summed E-state index contributed by atoms with van der Waals surface area (Å²) in [5.41, 5.74) is 0. The Kier molecular flexibility index (Phi) is 20.3. The van der Waals surface area contributed by atoms with E-state index in [0.29, 0.717) is 5.92 Å². The largest absolute Gasteiger partial charge is 0.502 e. The van der Waals surface area contributed by atoms with E-state index in [4.69, 9.17) is 14.2 Å². The molecule has 0 spiro atoms. The first-order valence-corrected chi connectivity index (χ1v) is 12.7. The smallest absolute Gasteiger partial charge is 0.168 e. The van der Waals surface area contributed by atoms with Gasteiger partial charge in [-0.3, -0.25) is 0 Å². The van der Waals surface area contributed by atoms with Crippen LogP contribution in [-0.4, -0.2) is 25.6 Å². The van der Waals surface area contributed by atoms with Gasteiger partial charge in [0.2, 0.25) is 0 Å². The third kappa shape index (κ3) is 15.9. The molecule has 0 rings (SSSR count). The Morgan fingerprint density at radius 2 is 1.21 bits per heavy atom. The lowest BCUT2D eigenvalue weighted by Gasteiger charge is -2.38. The summed E-state index contributed by atoms with van der Waals surface area (Å²) in [4.78, 5) is 0. The predicted molar refractivity (Wildman–Crippen MR) is 126 cm³/mol. The van der Waals surface area contributed by atoms with Crippen LogP contribution in [0.5, 0.6) is 0 Å². The van der Waals surface area contributed by atoms with Crippen molar-refractivity contribution in [1.29, 1.82) is 0 Å². The first-order chi connectivity index (χ1) is 14.1. The Labute approximate surface area is 183 Å². The minimum absolute atomic E-state index is 0.432. The lowest BCUT2D eigenvalue weighted by atomic mass is 9.88. The van der Waals surface area contributed by atoms with Crippen molar-refractivity contribution < 1.29 is 14.2 Å². The van der Waals surface area contributed by atoms with Gasteiger partial charge in [-0.05, 0) is 45.4 Å². The number of unbranched alkanes of at least 4 members (excludes halogenated alkanes) is 7. The maximum atomic E-state index is 6.39. The van der Waals surface area contributed by atoms with Gasteiger partial charge < -0.3 is 14.2 Å². The zero-order valence-corrected chi connectivity index (χ0v) is 20.5. The van der Waals surface area contributed by atoms with Crippen molar-refractivity contribution in [3.05, 3.63) is 12.3 Å². The lowest BCUT2D eigenvalue weighted by molar-refractivity contribution is -0.259. The summed E-state index contributed by atoms with van der Waals surface area (Å²) >= 11 is 0. The average molecular weight is 413 g/mol. The van der Waals surface area contributed by atoms with E-state index in [2.05, 4.69) is 40.7 Å². The van der Waals surface area contributed by atoms with E-state index in [1.54, 1.807) is 0 Å². The fourth-order valence-corrected chi connectivity index (χ4v) is 3.60. The van der Waals surface area contributed by atoms with Crippen LogP contribution in [0.3, 0.4) is 0 Å². The van der Waals surface area contributed by atoms with Crippen LogP contribution >= 0.6 is 0 Å². The first kappa shape index (κ1) is 28.5. The summed E-state index contributed by atoms with van der Waals surface area (Å²) in [6, 6.07) is 0. The normalized spacial score (nSPS) is 13.3. The van der Waals surface area contributed by atoms with Gasteiger partial charge in [0.25, 0.3) is 0 Å². The third-order valence-electron chi connectivity index (χ3n) is 5.66. The monoisotopic (exact) mass is 412 g/mol. The Balaban J connectivity index is 4.78. The van der Waals surface area contributed by atoms with Gasteiger partial charge in [-0.2, -0.15) is 0 Å². The van der Waals surface area contributed by atoms with Crippen LogP contribution in [0.1, 0.15) is 125 Å². The van der Waals surface area contributed by atoms with E-state index in [-0.39, 0.29) is 0 Å². The molecule has 0 aliphatic carbocycles. The van der Waals surface area contributed by atoms with Crippen LogP contribution in [0.15, 0.2) is 12.3 Å². The number of hydrogen-bond acceptors (Lipinski definition) is 3. The molecule has 0 aromatic heterocycles. The van der Waals surface area contributed by atoms with Crippen molar-refractivity contribution in [3.63, 3.8) is 0 Å². The molecule has 0 saturated carbocycles. The summed E-state index contributed by atoms with van der Waals surface area (Å²) in [5.74, 6) is -0.0336. The fourth-order valence-electron chi connectivity index (χ4n) is 3.60. The molecule has 0 bridgehead atoms. The van der Waals surface area contributed by atoms with Gasteiger partial charge in [0.05, 0.1) is 26.1 Å². The van der Waals surface area contributed by atoms with E-state index >= 15 is 0 Å². The zero-order chi connectivity index (χ0) is 21.6. The van der Waals surface area contributed by atoms with Gasteiger partial charge in [-0.25, -0.2) is 0 Å². The van der Waals surface area contributed by atoms with E-state index in [9.17, 15) is 0 Å². The highest BCUT2D eigenvalue weighted by Crippen LogP contribution is 2.33. The molecule has 29 heavy (non-hydrogen) atoms. The molecule has 0 fully saturated rings. The van der Waals surface area contributed by atoms with Gasteiger partial charge in [0.15, 0.2) is 5.79 Å². The molecule has 0 radical (unpaired) electrons. The summed E-state index contributed by atoms with van der Waals surface area (Å²) in [7, 11) is 0. The summed E-state index contributed by atoms with van der Waals surface area (Å²) in [5, 5.41) is 0. The van der Waals surface area contributed by atoms with Crippen molar-refractivity contribution in [2.45, 2.75) is 130 Å². The quantitative estimate of drug-likeness (QED) is 0.101. The molecule has 0 aliphatic heterocycles. The molecule has 3 nitrogen and oxygen atoms in total. The summed E-state index contributed by atoms with van der Waals surface area (Å²) in [6.45, 7) is 13.4. The van der Waals surface area contributed by atoms with Crippen LogP contribution in [0.4, 0.5) is 0 Å². The van der Waals surface area contributed by atoms with Crippen molar-refractivity contribution in [3.8, 4) is 0 Å². The molecule has 0 aromatic rings. The molecular weight excluding hydrogens is 360 g/mol. The van der Waals surface area contributed by atoms with E-state index in [1.807, 2.05) is 6.26 Å². The molecule has 0 heterocycles. The molecule has 0 N–H and O–H groups in total. The zero-order valence-electron chi connectivity index (χ0n) is 20.5. The van der Waals surface area contributed by atoms with Crippen LogP contribution in [0.25, 0.3) is 0 Å². The first-order valence-electron chi connectivity index (χ1n) is 12.7.